The van der Waals surface area contributed by atoms with E-state index in [0.29, 0.717) is 11.4 Å². The largest absolute Gasteiger partial charge is 0.332 e. The van der Waals surface area contributed by atoms with Gasteiger partial charge in [0.25, 0.3) is 15.9 Å². The fourth-order valence-corrected chi connectivity index (χ4v) is 4.65. The zero-order valence-corrected chi connectivity index (χ0v) is 18.7. The van der Waals surface area contributed by atoms with Crippen molar-refractivity contribution in [1.82, 2.24) is 5.32 Å². The van der Waals surface area contributed by atoms with E-state index in [-0.39, 0.29) is 27.8 Å². The Morgan fingerprint density at radius 3 is 2.31 bits per heavy atom. The second-order valence-electron chi connectivity index (χ2n) is 6.58. The van der Waals surface area contributed by atoms with Crippen LogP contribution in [0.25, 0.3) is 0 Å². The first kappa shape index (κ1) is 23.0. The number of para-hydroxylation sites is 1. The molecule has 3 aromatic rings. The molecule has 0 saturated carbocycles. The minimum absolute atomic E-state index is 0.0227. The molecule has 0 bridgehead atoms. The van der Waals surface area contributed by atoms with E-state index in [2.05, 4.69) is 15.8 Å². The molecule has 1 amide bonds. The monoisotopic (exact) mass is 468 g/mol. The number of thiocarbonyl (C=S) groups is 1. The molecule has 3 aromatic carbocycles. The zero-order valence-electron chi connectivity index (χ0n) is 17.1. The van der Waals surface area contributed by atoms with Crippen molar-refractivity contribution in [2.24, 2.45) is 5.18 Å². The van der Waals surface area contributed by atoms with Crippen molar-refractivity contribution in [3.8, 4) is 0 Å². The van der Waals surface area contributed by atoms with E-state index in [1.165, 1.54) is 40.7 Å². The quantitative estimate of drug-likeness (QED) is 0.392. The van der Waals surface area contributed by atoms with Crippen molar-refractivity contribution < 1.29 is 13.2 Å². The van der Waals surface area contributed by atoms with Gasteiger partial charge in [0.15, 0.2) is 5.11 Å². The zero-order chi connectivity index (χ0) is 23.1. The normalized spacial score (nSPS) is 10.8. The number of hydrogen-bond donors (Lipinski definition) is 2. The SMILES string of the molecule is CCN(c1ccccc1)S(=O)(=O)c1ccc(NC(=S)NC(=O)c2cccc(N=O)c2)cc1. The fourth-order valence-electron chi connectivity index (χ4n) is 2.96. The van der Waals surface area contributed by atoms with Crippen LogP contribution in [-0.4, -0.2) is 26.0 Å². The van der Waals surface area contributed by atoms with Crippen molar-refractivity contribution in [2.45, 2.75) is 11.8 Å². The van der Waals surface area contributed by atoms with Crippen LogP contribution in [0.5, 0.6) is 0 Å². The van der Waals surface area contributed by atoms with Gasteiger partial charge in [-0.2, -0.15) is 0 Å². The fraction of sp³-hybridized carbons (Fsp3) is 0.0909. The molecule has 3 rings (SSSR count). The molecule has 8 nitrogen and oxygen atoms in total. The summed E-state index contributed by atoms with van der Waals surface area (Å²) in [6.45, 7) is 2.05. The number of sulfonamides is 1. The van der Waals surface area contributed by atoms with Crippen molar-refractivity contribution in [2.75, 3.05) is 16.2 Å². The molecule has 164 valence electrons. The lowest BCUT2D eigenvalue weighted by molar-refractivity contribution is 0.0977. The number of nitrogens with zero attached hydrogens (tertiary/aromatic N) is 2. The lowest BCUT2D eigenvalue weighted by atomic mass is 10.2. The highest BCUT2D eigenvalue weighted by Gasteiger charge is 2.23. The predicted molar refractivity (Wildman–Crippen MR) is 129 cm³/mol. The summed E-state index contributed by atoms with van der Waals surface area (Å²) < 4.78 is 27.4. The third-order valence-electron chi connectivity index (χ3n) is 4.47. The van der Waals surface area contributed by atoms with Gasteiger partial charge in [-0.05, 0) is 78.9 Å². The second kappa shape index (κ2) is 10.1. The number of anilines is 2. The Balaban J connectivity index is 1.69. The summed E-state index contributed by atoms with van der Waals surface area (Å²) in [7, 11) is -3.74. The molecule has 0 heterocycles. The van der Waals surface area contributed by atoms with Crippen LogP contribution in [0.1, 0.15) is 17.3 Å². The number of amides is 1. The number of rotatable bonds is 7. The van der Waals surface area contributed by atoms with Crippen molar-refractivity contribution >= 4 is 50.3 Å². The van der Waals surface area contributed by atoms with E-state index >= 15 is 0 Å². The molecular weight excluding hydrogens is 448 g/mol. The van der Waals surface area contributed by atoms with Crippen LogP contribution < -0.4 is 14.9 Å². The number of carbonyl (C=O) groups excluding carboxylic acids is 1. The minimum atomic E-state index is -3.74. The van der Waals surface area contributed by atoms with Gasteiger partial charge in [0.2, 0.25) is 0 Å². The van der Waals surface area contributed by atoms with E-state index in [0.717, 1.165) is 0 Å². The Hall–Kier alpha value is -3.63. The van der Waals surface area contributed by atoms with Gasteiger partial charge in [-0.1, -0.05) is 24.3 Å². The van der Waals surface area contributed by atoms with Gasteiger partial charge in [0, 0.05) is 17.8 Å². The van der Waals surface area contributed by atoms with Crippen LogP contribution in [0, 0.1) is 4.91 Å². The minimum Gasteiger partial charge on any atom is -0.332 e. The standard InChI is InChI=1S/C22H20N4O4S2/c1-2-26(19-9-4-3-5-10-19)32(29,30)20-13-11-17(12-14-20)23-22(31)24-21(27)16-7-6-8-18(15-16)25-28/h3-15H,2H2,1H3,(H2,23,24,27,31). The van der Waals surface area contributed by atoms with E-state index in [4.69, 9.17) is 12.2 Å². The van der Waals surface area contributed by atoms with Crippen LogP contribution in [0.15, 0.2) is 88.9 Å². The highest BCUT2D eigenvalue weighted by atomic mass is 32.2. The topological polar surface area (TPSA) is 108 Å². The van der Waals surface area contributed by atoms with Crippen LogP contribution in [0.4, 0.5) is 17.1 Å². The number of carbonyl (C=O) groups is 1. The van der Waals surface area contributed by atoms with Crippen molar-refractivity contribution in [1.29, 1.82) is 0 Å². The molecule has 0 aromatic heterocycles. The first-order valence-corrected chi connectivity index (χ1v) is 11.4. The van der Waals surface area contributed by atoms with Crippen LogP contribution >= 0.6 is 12.2 Å². The Kier molecular flexibility index (Phi) is 7.29. The summed E-state index contributed by atoms with van der Waals surface area (Å²) in [6, 6.07) is 20.8. The molecule has 0 radical (unpaired) electrons. The van der Waals surface area contributed by atoms with E-state index in [1.807, 2.05) is 6.07 Å². The summed E-state index contributed by atoms with van der Waals surface area (Å²) in [5, 5.41) is 8.15. The number of hydrogen-bond acceptors (Lipinski definition) is 6. The summed E-state index contributed by atoms with van der Waals surface area (Å²) >= 11 is 5.15. The maximum atomic E-state index is 13.0. The van der Waals surface area contributed by atoms with Gasteiger partial charge in [0.1, 0.15) is 5.69 Å². The van der Waals surface area contributed by atoms with Gasteiger partial charge in [-0.3, -0.25) is 14.4 Å². The molecule has 0 unspecified atom stereocenters. The number of nitrogens with one attached hydrogen (secondary N) is 2. The van der Waals surface area contributed by atoms with E-state index in [1.54, 1.807) is 43.3 Å². The van der Waals surface area contributed by atoms with Crippen molar-refractivity contribution in [3.63, 3.8) is 0 Å². The molecule has 2 N–H and O–H groups in total. The lowest BCUT2D eigenvalue weighted by Crippen LogP contribution is -2.34. The maximum Gasteiger partial charge on any atom is 0.264 e. The summed E-state index contributed by atoms with van der Waals surface area (Å²) in [6.07, 6.45) is 0. The molecule has 0 aliphatic heterocycles. The smallest absolute Gasteiger partial charge is 0.264 e. The molecular formula is C22H20N4O4S2. The van der Waals surface area contributed by atoms with Gasteiger partial charge < -0.3 is 5.32 Å². The number of benzene rings is 3. The first-order valence-electron chi connectivity index (χ1n) is 9.58. The van der Waals surface area contributed by atoms with Crippen LogP contribution in [0.2, 0.25) is 0 Å². The third kappa shape index (κ3) is 5.34. The van der Waals surface area contributed by atoms with Gasteiger partial charge >= 0.3 is 0 Å². The molecule has 0 atom stereocenters. The molecule has 32 heavy (non-hydrogen) atoms. The Labute approximate surface area is 191 Å². The van der Waals surface area contributed by atoms with E-state index in [9.17, 15) is 18.1 Å². The van der Waals surface area contributed by atoms with Crippen LogP contribution in [-0.2, 0) is 10.0 Å². The molecule has 0 saturated heterocycles. The Morgan fingerprint density at radius 1 is 1.00 bits per heavy atom. The van der Waals surface area contributed by atoms with Gasteiger partial charge in [-0.25, -0.2) is 8.42 Å². The molecule has 0 aliphatic rings. The molecule has 10 heteroatoms. The Morgan fingerprint density at radius 2 is 1.69 bits per heavy atom. The third-order valence-corrected chi connectivity index (χ3v) is 6.59. The van der Waals surface area contributed by atoms with Gasteiger partial charge in [0.05, 0.1) is 10.6 Å². The number of nitroso groups, excluding NO2 is 1. The summed E-state index contributed by atoms with van der Waals surface area (Å²) in [5.74, 6) is -0.506. The van der Waals surface area contributed by atoms with E-state index < -0.39 is 15.9 Å². The van der Waals surface area contributed by atoms with Crippen LogP contribution in [0.3, 0.4) is 0 Å². The second-order valence-corrected chi connectivity index (χ2v) is 8.85. The average molecular weight is 469 g/mol. The Bertz CT molecular complexity index is 1230. The first-order chi connectivity index (χ1) is 15.3. The van der Waals surface area contributed by atoms with Crippen molar-refractivity contribution in [3.05, 3.63) is 89.3 Å². The highest BCUT2D eigenvalue weighted by molar-refractivity contribution is 7.92. The molecule has 0 fully saturated rings. The lowest BCUT2D eigenvalue weighted by Gasteiger charge is -2.23. The molecule has 0 spiro atoms. The highest BCUT2D eigenvalue weighted by Crippen LogP contribution is 2.24. The van der Waals surface area contributed by atoms with Gasteiger partial charge in [-0.15, -0.1) is 4.91 Å². The summed E-state index contributed by atoms with van der Waals surface area (Å²) in [4.78, 5) is 23.0. The molecule has 0 aliphatic carbocycles. The predicted octanol–water partition coefficient (Wildman–Crippen LogP) is 4.43. The maximum absolute atomic E-state index is 13.0. The average Bonchev–Trinajstić information content (AvgIpc) is 2.80. The summed E-state index contributed by atoms with van der Waals surface area (Å²) in [5.41, 5.74) is 1.44.